The van der Waals surface area contributed by atoms with E-state index in [9.17, 15) is 13.2 Å². The normalized spacial score (nSPS) is 17.4. The molecule has 0 radical (unpaired) electrons. The van der Waals surface area contributed by atoms with Crippen molar-refractivity contribution in [1.29, 1.82) is 0 Å². The first kappa shape index (κ1) is 22.5. The van der Waals surface area contributed by atoms with Gasteiger partial charge in [0.25, 0.3) is 5.91 Å². The predicted octanol–water partition coefficient (Wildman–Crippen LogP) is 4.08. The van der Waals surface area contributed by atoms with Gasteiger partial charge in [0.05, 0.1) is 16.4 Å². The summed E-state index contributed by atoms with van der Waals surface area (Å²) in [5, 5.41) is 5.91. The van der Waals surface area contributed by atoms with Crippen molar-refractivity contribution in [2.75, 3.05) is 29.5 Å². The molecule has 3 heterocycles. The standard InChI is InChI=1S/C23H27N3O4S2/c1-3-25(4-2)18-9-7-17(8-10-18)15-26(19-11-13-32(28,29)16-19)23(27)20-14-21(30-24-20)22-6-5-12-31-22/h5-10,12,14,19H,3-4,11,13,15-16H2,1-2H3. The summed E-state index contributed by atoms with van der Waals surface area (Å²) in [6.07, 6.45) is 0.432. The largest absolute Gasteiger partial charge is 0.372 e. The molecule has 3 aromatic rings. The van der Waals surface area contributed by atoms with E-state index in [2.05, 4.69) is 23.9 Å². The maximum atomic E-state index is 13.4. The molecule has 0 N–H and O–H groups in total. The first-order chi connectivity index (χ1) is 15.4. The number of rotatable bonds is 8. The molecule has 170 valence electrons. The number of hydrogen-bond donors (Lipinski definition) is 0. The Kier molecular flexibility index (Phi) is 6.66. The highest BCUT2D eigenvalue weighted by Crippen LogP contribution is 2.28. The highest BCUT2D eigenvalue weighted by molar-refractivity contribution is 7.91. The third kappa shape index (κ3) is 4.88. The highest BCUT2D eigenvalue weighted by atomic mass is 32.2. The minimum Gasteiger partial charge on any atom is -0.372 e. The average molecular weight is 474 g/mol. The summed E-state index contributed by atoms with van der Waals surface area (Å²) in [7, 11) is -3.15. The van der Waals surface area contributed by atoms with E-state index in [-0.39, 0.29) is 29.1 Å². The number of carbonyl (C=O) groups excluding carboxylic acids is 1. The Morgan fingerprint density at radius 2 is 1.94 bits per heavy atom. The molecule has 2 aromatic heterocycles. The lowest BCUT2D eigenvalue weighted by Crippen LogP contribution is -2.40. The van der Waals surface area contributed by atoms with Gasteiger partial charge in [-0.05, 0) is 49.4 Å². The zero-order chi connectivity index (χ0) is 22.7. The van der Waals surface area contributed by atoms with Crippen LogP contribution in [0.3, 0.4) is 0 Å². The topological polar surface area (TPSA) is 83.7 Å². The minimum absolute atomic E-state index is 0.0219. The molecule has 0 aliphatic carbocycles. The number of nitrogens with zero attached hydrogens (tertiary/aromatic N) is 3. The van der Waals surface area contributed by atoms with Crippen LogP contribution in [0.25, 0.3) is 10.6 Å². The molecule has 1 fully saturated rings. The molecule has 1 unspecified atom stereocenters. The Bertz CT molecular complexity index is 1150. The number of benzene rings is 1. The fraction of sp³-hybridized carbons (Fsp3) is 0.391. The first-order valence-corrected chi connectivity index (χ1v) is 13.5. The van der Waals surface area contributed by atoms with Gasteiger partial charge < -0.3 is 14.3 Å². The number of aromatic nitrogens is 1. The molecule has 0 bridgehead atoms. The molecule has 1 aromatic carbocycles. The van der Waals surface area contributed by atoms with E-state index in [0.29, 0.717) is 18.7 Å². The molecule has 1 aliphatic heterocycles. The van der Waals surface area contributed by atoms with Gasteiger partial charge in [0.1, 0.15) is 0 Å². The second-order valence-electron chi connectivity index (χ2n) is 7.88. The number of thiophene rings is 1. The lowest BCUT2D eigenvalue weighted by atomic mass is 10.1. The molecule has 1 amide bonds. The lowest BCUT2D eigenvalue weighted by Gasteiger charge is -2.28. The van der Waals surface area contributed by atoms with Crippen LogP contribution in [0.2, 0.25) is 0 Å². The van der Waals surface area contributed by atoms with E-state index in [4.69, 9.17) is 4.52 Å². The quantitative estimate of drug-likeness (QED) is 0.490. The fourth-order valence-electron chi connectivity index (χ4n) is 4.04. The number of carbonyl (C=O) groups is 1. The van der Waals surface area contributed by atoms with Crippen molar-refractivity contribution in [3.05, 3.63) is 59.1 Å². The molecule has 0 saturated carbocycles. The second kappa shape index (κ2) is 9.46. The Morgan fingerprint density at radius 3 is 2.53 bits per heavy atom. The second-order valence-corrected chi connectivity index (χ2v) is 11.1. The van der Waals surface area contributed by atoms with Gasteiger partial charge >= 0.3 is 0 Å². The van der Waals surface area contributed by atoms with Crippen LogP contribution in [0.15, 0.2) is 52.4 Å². The van der Waals surface area contributed by atoms with E-state index in [1.54, 1.807) is 11.0 Å². The van der Waals surface area contributed by atoms with Gasteiger partial charge in [0.15, 0.2) is 21.3 Å². The van der Waals surface area contributed by atoms with E-state index >= 15 is 0 Å². The molecule has 1 atom stereocenters. The van der Waals surface area contributed by atoms with Crippen molar-refractivity contribution >= 4 is 32.8 Å². The molecule has 9 heteroatoms. The van der Waals surface area contributed by atoms with E-state index in [0.717, 1.165) is 29.2 Å². The third-order valence-corrected chi connectivity index (χ3v) is 8.46. The van der Waals surface area contributed by atoms with Crippen molar-refractivity contribution in [3.8, 4) is 10.6 Å². The summed E-state index contributed by atoms with van der Waals surface area (Å²) < 4.78 is 29.6. The van der Waals surface area contributed by atoms with Crippen molar-refractivity contribution < 1.29 is 17.7 Å². The molecular weight excluding hydrogens is 446 g/mol. The third-order valence-electron chi connectivity index (χ3n) is 5.82. The molecule has 0 spiro atoms. The molecular formula is C23H27N3O4S2. The van der Waals surface area contributed by atoms with Crippen LogP contribution >= 0.6 is 11.3 Å². The minimum atomic E-state index is -3.15. The Hall–Kier alpha value is -2.65. The fourth-order valence-corrected chi connectivity index (χ4v) is 6.45. The average Bonchev–Trinajstić information content (AvgIpc) is 3.54. The summed E-state index contributed by atoms with van der Waals surface area (Å²) in [6.45, 7) is 6.37. The van der Waals surface area contributed by atoms with Crippen molar-refractivity contribution in [3.63, 3.8) is 0 Å². The summed E-state index contributed by atoms with van der Waals surface area (Å²) in [4.78, 5) is 18.2. The molecule has 4 rings (SSSR count). The highest BCUT2D eigenvalue weighted by Gasteiger charge is 2.36. The van der Waals surface area contributed by atoms with Gasteiger partial charge in [-0.3, -0.25) is 4.79 Å². The summed E-state index contributed by atoms with van der Waals surface area (Å²) >= 11 is 1.50. The smallest absolute Gasteiger partial charge is 0.276 e. The van der Waals surface area contributed by atoms with Gasteiger partial charge in [-0.15, -0.1) is 11.3 Å². The maximum absolute atomic E-state index is 13.4. The lowest BCUT2D eigenvalue weighted by molar-refractivity contribution is 0.0670. The van der Waals surface area contributed by atoms with Crippen molar-refractivity contribution in [2.24, 2.45) is 0 Å². The van der Waals surface area contributed by atoms with Crippen LogP contribution in [-0.4, -0.2) is 55.0 Å². The van der Waals surface area contributed by atoms with Crippen molar-refractivity contribution in [2.45, 2.75) is 32.9 Å². The van der Waals surface area contributed by atoms with Gasteiger partial charge in [0, 0.05) is 37.4 Å². The van der Waals surface area contributed by atoms with Crippen LogP contribution in [0, 0.1) is 0 Å². The monoisotopic (exact) mass is 473 g/mol. The Morgan fingerprint density at radius 1 is 1.19 bits per heavy atom. The van der Waals surface area contributed by atoms with Crippen LogP contribution in [0.4, 0.5) is 5.69 Å². The SMILES string of the molecule is CCN(CC)c1ccc(CN(C(=O)c2cc(-c3cccs3)on2)C2CCS(=O)(=O)C2)cc1. The van der Waals surface area contributed by atoms with E-state index in [1.807, 2.05) is 41.8 Å². The molecule has 7 nitrogen and oxygen atoms in total. The Balaban J connectivity index is 1.59. The number of sulfone groups is 1. The first-order valence-electron chi connectivity index (χ1n) is 10.8. The van der Waals surface area contributed by atoms with Crippen molar-refractivity contribution in [1.82, 2.24) is 10.1 Å². The van der Waals surface area contributed by atoms with Crippen LogP contribution in [-0.2, 0) is 16.4 Å². The molecule has 1 saturated heterocycles. The zero-order valence-corrected chi connectivity index (χ0v) is 19.9. The number of amides is 1. The Labute approximate surface area is 192 Å². The van der Waals surface area contributed by atoms with Crippen LogP contribution in [0.5, 0.6) is 0 Å². The van der Waals surface area contributed by atoms with E-state index < -0.39 is 9.84 Å². The number of anilines is 1. The summed E-state index contributed by atoms with van der Waals surface area (Å²) in [6, 6.07) is 13.1. The van der Waals surface area contributed by atoms with Gasteiger partial charge in [-0.25, -0.2) is 8.42 Å². The molecule has 1 aliphatic rings. The van der Waals surface area contributed by atoms with Crippen LogP contribution in [0.1, 0.15) is 36.3 Å². The summed E-state index contributed by atoms with van der Waals surface area (Å²) in [5.74, 6) is 0.297. The maximum Gasteiger partial charge on any atom is 0.276 e. The van der Waals surface area contributed by atoms with E-state index in [1.165, 1.54) is 11.3 Å². The number of hydrogen-bond acceptors (Lipinski definition) is 7. The summed E-state index contributed by atoms with van der Waals surface area (Å²) in [5.41, 5.74) is 2.26. The van der Waals surface area contributed by atoms with Gasteiger partial charge in [-0.1, -0.05) is 23.4 Å². The van der Waals surface area contributed by atoms with Crippen LogP contribution < -0.4 is 4.90 Å². The predicted molar refractivity (Wildman–Crippen MR) is 127 cm³/mol. The van der Waals surface area contributed by atoms with Gasteiger partial charge in [-0.2, -0.15) is 0 Å². The molecule has 32 heavy (non-hydrogen) atoms. The zero-order valence-electron chi connectivity index (χ0n) is 18.2. The van der Waals surface area contributed by atoms with Gasteiger partial charge in [0.2, 0.25) is 0 Å².